The van der Waals surface area contributed by atoms with Crippen LogP contribution in [0.15, 0.2) is 6.07 Å². The minimum Gasteiger partial charge on any atom is -0.754 e. The minimum atomic E-state index is -0.190. The second-order valence-electron chi connectivity index (χ2n) is 3.32. The van der Waals surface area contributed by atoms with Gasteiger partial charge in [0.1, 0.15) is 11.8 Å². The van der Waals surface area contributed by atoms with Crippen LogP contribution >= 0.6 is 0 Å². The average Bonchev–Trinajstić information content (AvgIpc) is 2.26. The smallest absolute Gasteiger partial charge is 0.344 e. The van der Waals surface area contributed by atoms with E-state index in [1.165, 1.54) is 6.07 Å². The molecule has 0 aliphatic carbocycles. The van der Waals surface area contributed by atoms with Crippen molar-refractivity contribution in [1.29, 1.82) is 0 Å². The standard InChI is InChI=1S/C8H13N5O2/c9-7-3-5(12-8(10)13(7)14)6-4-11-1-2-15-6/h3,6,11H,1-2,4,9H2,(H2,10,12). The fraction of sp³-hybridized carbons (Fsp3) is 0.500. The summed E-state index contributed by atoms with van der Waals surface area (Å²) < 4.78 is 5.86. The molecule has 0 radical (unpaired) electrons. The molecule has 1 aromatic rings. The van der Waals surface area contributed by atoms with Crippen LogP contribution in [-0.2, 0) is 4.74 Å². The van der Waals surface area contributed by atoms with Crippen LogP contribution in [0, 0.1) is 5.21 Å². The van der Waals surface area contributed by atoms with Crippen molar-refractivity contribution in [2.75, 3.05) is 31.2 Å². The molecule has 0 saturated carbocycles. The Balaban J connectivity index is 2.27. The number of aromatic nitrogens is 2. The zero-order valence-electron chi connectivity index (χ0n) is 8.14. The van der Waals surface area contributed by atoms with Crippen molar-refractivity contribution >= 4 is 11.8 Å². The highest BCUT2D eigenvalue weighted by atomic mass is 16.5. The van der Waals surface area contributed by atoms with Gasteiger partial charge < -0.3 is 26.7 Å². The first-order valence-corrected chi connectivity index (χ1v) is 4.66. The first-order valence-electron chi connectivity index (χ1n) is 4.66. The average molecular weight is 211 g/mol. The van der Waals surface area contributed by atoms with E-state index in [0.717, 1.165) is 6.54 Å². The third-order valence-corrected chi connectivity index (χ3v) is 2.24. The number of nitrogen functional groups attached to an aromatic ring is 2. The summed E-state index contributed by atoms with van der Waals surface area (Å²) in [5.41, 5.74) is 11.5. The Hall–Kier alpha value is -1.60. The highest BCUT2D eigenvalue weighted by molar-refractivity contribution is 5.29. The molecule has 5 N–H and O–H groups in total. The van der Waals surface area contributed by atoms with Gasteiger partial charge in [0.2, 0.25) is 0 Å². The normalized spacial score (nSPS) is 21.5. The van der Waals surface area contributed by atoms with Gasteiger partial charge in [0.05, 0.1) is 6.61 Å². The number of nitrogens with one attached hydrogen (secondary N) is 1. The van der Waals surface area contributed by atoms with Crippen LogP contribution in [0.2, 0.25) is 0 Å². The van der Waals surface area contributed by atoms with Crippen LogP contribution < -0.4 is 21.5 Å². The van der Waals surface area contributed by atoms with Gasteiger partial charge >= 0.3 is 5.95 Å². The van der Waals surface area contributed by atoms with Gasteiger partial charge in [-0.1, -0.05) is 0 Å². The Morgan fingerprint density at radius 3 is 3.00 bits per heavy atom. The summed E-state index contributed by atoms with van der Waals surface area (Å²) in [6.45, 7) is 2.07. The van der Waals surface area contributed by atoms with E-state index in [1.54, 1.807) is 0 Å². The van der Waals surface area contributed by atoms with Crippen LogP contribution in [0.1, 0.15) is 11.8 Å². The predicted octanol–water partition coefficient (Wildman–Crippen LogP) is -1.46. The minimum absolute atomic E-state index is 0.0340. The van der Waals surface area contributed by atoms with Crippen molar-refractivity contribution in [2.24, 2.45) is 0 Å². The van der Waals surface area contributed by atoms with Gasteiger partial charge in [0.25, 0.3) is 0 Å². The molecule has 1 aromatic heterocycles. The lowest BCUT2D eigenvalue weighted by Crippen LogP contribution is -2.38. The number of rotatable bonds is 1. The molecule has 15 heavy (non-hydrogen) atoms. The summed E-state index contributed by atoms with van der Waals surface area (Å²) in [5, 5.41) is 14.3. The van der Waals surface area contributed by atoms with Gasteiger partial charge in [0.15, 0.2) is 5.82 Å². The molecule has 1 unspecified atom stereocenters. The first kappa shape index (κ1) is 9.94. The highest BCUT2D eigenvalue weighted by Gasteiger charge is 2.21. The zero-order chi connectivity index (χ0) is 10.8. The third-order valence-electron chi connectivity index (χ3n) is 2.24. The van der Waals surface area contributed by atoms with Gasteiger partial charge in [-0.2, -0.15) is 0 Å². The van der Waals surface area contributed by atoms with E-state index in [9.17, 15) is 5.21 Å². The fourth-order valence-electron chi connectivity index (χ4n) is 1.47. The molecule has 1 saturated heterocycles. The second-order valence-corrected chi connectivity index (χ2v) is 3.32. The van der Waals surface area contributed by atoms with Crippen LogP contribution in [0.5, 0.6) is 0 Å². The van der Waals surface area contributed by atoms with Crippen molar-refractivity contribution < 1.29 is 9.47 Å². The predicted molar refractivity (Wildman–Crippen MR) is 53.6 cm³/mol. The molecule has 1 atom stereocenters. The van der Waals surface area contributed by atoms with Crippen molar-refractivity contribution in [1.82, 2.24) is 10.3 Å². The largest absolute Gasteiger partial charge is 0.754 e. The third kappa shape index (κ3) is 1.92. The number of hydrogen-bond donors (Lipinski definition) is 3. The molecule has 82 valence electrons. The monoisotopic (exact) mass is 211 g/mol. The molecule has 0 amide bonds. The Morgan fingerprint density at radius 2 is 2.40 bits per heavy atom. The van der Waals surface area contributed by atoms with Gasteiger partial charge in [-0.05, 0) is 0 Å². The number of anilines is 2. The second kappa shape index (κ2) is 3.87. The fourth-order valence-corrected chi connectivity index (χ4v) is 1.47. The van der Waals surface area contributed by atoms with Crippen LogP contribution in [0.25, 0.3) is 0 Å². The molecule has 7 nitrogen and oxygen atoms in total. The molecule has 0 spiro atoms. The van der Waals surface area contributed by atoms with Crippen LogP contribution in [0.4, 0.5) is 11.8 Å². The van der Waals surface area contributed by atoms with E-state index in [-0.39, 0.29) is 17.9 Å². The molecule has 0 aromatic carbocycles. The quantitative estimate of drug-likeness (QED) is 0.386. The molecule has 1 fully saturated rings. The van der Waals surface area contributed by atoms with Crippen molar-refractivity contribution in [2.45, 2.75) is 6.10 Å². The van der Waals surface area contributed by atoms with Crippen molar-refractivity contribution in [3.8, 4) is 0 Å². The Morgan fingerprint density at radius 1 is 1.60 bits per heavy atom. The van der Waals surface area contributed by atoms with E-state index < -0.39 is 0 Å². The van der Waals surface area contributed by atoms with E-state index in [1.807, 2.05) is 0 Å². The summed E-state index contributed by atoms with van der Waals surface area (Å²) in [6, 6.07) is 1.49. The summed E-state index contributed by atoms with van der Waals surface area (Å²) in [4.78, 5) is 3.94. The van der Waals surface area contributed by atoms with E-state index in [2.05, 4.69) is 10.3 Å². The molecule has 2 heterocycles. The molecule has 7 heteroatoms. The Kier molecular flexibility index (Phi) is 2.57. The maximum absolute atomic E-state index is 11.2. The number of nitrogens with two attached hydrogens (primary N) is 2. The van der Waals surface area contributed by atoms with E-state index in [0.29, 0.717) is 23.6 Å². The van der Waals surface area contributed by atoms with Gasteiger partial charge in [-0.25, -0.2) is 4.73 Å². The molecule has 0 bridgehead atoms. The maximum atomic E-state index is 11.2. The number of hydrogen-bond acceptors (Lipinski definition) is 6. The summed E-state index contributed by atoms with van der Waals surface area (Å²) in [7, 11) is 0. The Bertz CT molecular complexity index is 341. The first-order chi connectivity index (χ1) is 7.18. The number of nitrogens with zero attached hydrogens (tertiary/aromatic N) is 2. The Labute approximate surface area is 86.6 Å². The summed E-state index contributed by atoms with van der Waals surface area (Å²) >= 11 is 0. The van der Waals surface area contributed by atoms with Gasteiger partial charge in [-0.15, -0.1) is 4.98 Å². The highest BCUT2D eigenvalue weighted by Crippen LogP contribution is 2.17. The molecule has 1 aliphatic rings. The summed E-state index contributed by atoms with van der Waals surface area (Å²) in [5.74, 6) is -0.120. The zero-order valence-corrected chi connectivity index (χ0v) is 8.14. The van der Waals surface area contributed by atoms with Gasteiger partial charge in [-0.3, -0.25) is 0 Å². The van der Waals surface area contributed by atoms with Crippen molar-refractivity contribution in [3.05, 3.63) is 17.0 Å². The number of ether oxygens (including phenoxy) is 1. The lowest BCUT2D eigenvalue weighted by Gasteiger charge is -2.22. The van der Waals surface area contributed by atoms with Crippen LogP contribution in [-0.4, -0.2) is 24.7 Å². The molecular weight excluding hydrogens is 198 g/mol. The molecule has 1 aliphatic heterocycles. The molecule has 2 rings (SSSR count). The lowest BCUT2D eigenvalue weighted by molar-refractivity contribution is -0.577. The van der Waals surface area contributed by atoms with Gasteiger partial charge in [0, 0.05) is 19.2 Å². The lowest BCUT2D eigenvalue weighted by atomic mass is 10.2. The van der Waals surface area contributed by atoms with Crippen LogP contribution in [0.3, 0.4) is 0 Å². The number of morpholine rings is 1. The molecular formula is C8H13N5O2. The van der Waals surface area contributed by atoms with E-state index in [4.69, 9.17) is 16.2 Å². The van der Waals surface area contributed by atoms with E-state index >= 15 is 0 Å². The maximum Gasteiger partial charge on any atom is 0.344 e. The topological polar surface area (TPSA) is 113 Å². The SMILES string of the molecule is Nc1cc(C2CNCCO2)nc(N)[n+]1[O-]. The van der Waals surface area contributed by atoms with Crippen molar-refractivity contribution in [3.63, 3.8) is 0 Å². The summed E-state index contributed by atoms with van der Waals surface area (Å²) in [6.07, 6.45) is -0.190.